The Hall–Kier alpha value is -2.57. The van der Waals surface area contributed by atoms with Crippen LogP contribution in [0.25, 0.3) is 0 Å². The van der Waals surface area contributed by atoms with Gasteiger partial charge in [0.05, 0.1) is 0 Å². The largest absolute Gasteiger partial charge is 0.353 e. The molecule has 0 aromatic heterocycles. The molecule has 0 radical (unpaired) electrons. The van der Waals surface area contributed by atoms with Gasteiger partial charge in [0.1, 0.15) is 0 Å². The SMILES string of the molecule is CN1C(=O)NC(=O)C2C1N=C(NC1CCCCC1)N2CCCc1ccccc1. The minimum absolute atomic E-state index is 0.253. The Bertz CT molecular complexity index is 744. The van der Waals surface area contributed by atoms with Crippen LogP contribution >= 0.6 is 0 Å². The molecule has 2 N–H and O–H groups in total. The van der Waals surface area contributed by atoms with Crippen LogP contribution in [0.4, 0.5) is 4.79 Å². The van der Waals surface area contributed by atoms with Crippen LogP contribution in [0.5, 0.6) is 0 Å². The van der Waals surface area contributed by atoms with Gasteiger partial charge in [-0.25, -0.2) is 9.79 Å². The zero-order valence-electron chi connectivity index (χ0n) is 16.4. The molecule has 0 spiro atoms. The number of nitrogens with zero attached hydrogens (tertiary/aromatic N) is 3. The van der Waals surface area contributed by atoms with E-state index < -0.39 is 12.2 Å². The number of urea groups is 1. The maximum absolute atomic E-state index is 12.6. The first-order chi connectivity index (χ1) is 13.6. The summed E-state index contributed by atoms with van der Waals surface area (Å²) in [5.74, 6) is 0.517. The van der Waals surface area contributed by atoms with Gasteiger partial charge in [0.15, 0.2) is 18.2 Å². The van der Waals surface area contributed by atoms with Crippen LogP contribution in [0, 0.1) is 0 Å². The third-order valence-corrected chi connectivity index (χ3v) is 6.01. The van der Waals surface area contributed by atoms with E-state index in [1.54, 1.807) is 7.05 Å². The van der Waals surface area contributed by atoms with Gasteiger partial charge in [-0.1, -0.05) is 49.6 Å². The zero-order chi connectivity index (χ0) is 19.5. The minimum atomic E-state index is -0.455. The molecule has 1 saturated carbocycles. The standard InChI is InChI=1S/C21H29N5O2/c1-25-18-17(19(27)24-21(25)28)26(14-8-11-15-9-4-2-5-10-15)20(23-18)22-16-12-6-3-7-13-16/h2,4-5,9-10,16-18H,3,6-8,11-14H2,1H3,(H,22,23)(H,24,27,28). The van der Waals surface area contributed by atoms with Crippen LogP contribution in [0.1, 0.15) is 44.1 Å². The maximum atomic E-state index is 12.6. The summed E-state index contributed by atoms with van der Waals surface area (Å²) in [5, 5.41) is 6.05. The summed E-state index contributed by atoms with van der Waals surface area (Å²) in [4.78, 5) is 33.0. The molecule has 1 aliphatic carbocycles. The highest BCUT2D eigenvalue weighted by atomic mass is 16.2. The van der Waals surface area contributed by atoms with Crippen LogP contribution in [0.2, 0.25) is 0 Å². The summed E-state index contributed by atoms with van der Waals surface area (Å²) in [6, 6.07) is 9.94. The van der Waals surface area contributed by atoms with Gasteiger partial charge in [-0.05, 0) is 31.2 Å². The summed E-state index contributed by atoms with van der Waals surface area (Å²) in [6.07, 6.45) is 7.42. The number of carbonyl (C=O) groups is 2. The van der Waals surface area contributed by atoms with Gasteiger partial charge in [-0.15, -0.1) is 0 Å². The number of aliphatic imine (C=N–C) groups is 1. The van der Waals surface area contributed by atoms with E-state index in [0.717, 1.165) is 38.2 Å². The first-order valence-corrected chi connectivity index (χ1v) is 10.4. The number of fused-ring (bicyclic) bond motifs is 1. The van der Waals surface area contributed by atoms with Crippen molar-refractivity contribution in [3.05, 3.63) is 35.9 Å². The lowest BCUT2D eigenvalue weighted by molar-refractivity contribution is -0.127. The topological polar surface area (TPSA) is 77.0 Å². The van der Waals surface area contributed by atoms with Crippen molar-refractivity contribution in [3.8, 4) is 0 Å². The predicted molar refractivity (Wildman–Crippen MR) is 108 cm³/mol. The van der Waals surface area contributed by atoms with E-state index in [-0.39, 0.29) is 11.9 Å². The molecule has 2 atom stereocenters. The number of likely N-dealkylation sites (N-methyl/N-ethyl adjacent to an activating group) is 1. The Balaban J connectivity index is 1.48. The van der Waals surface area contributed by atoms with E-state index in [1.165, 1.54) is 29.7 Å². The summed E-state index contributed by atoms with van der Waals surface area (Å²) in [7, 11) is 1.70. The van der Waals surface area contributed by atoms with E-state index in [2.05, 4.69) is 27.7 Å². The minimum Gasteiger partial charge on any atom is -0.353 e. The quantitative estimate of drug-likeness (QED) is 0.816. The fraction of sp³-hybridized carbons (Fsp3) is 0.571. The fourth-order valence-electron chi connectivity index (χ4n) is 4.42. The van der Waals surface area contributed by atoms with Crippen molar-refractivity contribution in [3.63, 3.8) is 0 Å². The predicted octanol–water partition coefficient (Wildman–Crippen LogP) is 2.09. The molecule has 1 saturated heterocycles. The lowest BCUT2D eigenvalue weighted by Crippen LogP contribution is -2.64. The van der Waals surface area contributed by atoms with Crippen LogP contribution in [-0.2, 0) is 11.2 Å². The molecular formula is C21H29N5O2. The molecular weight excluding hydrogens is 354 g/mol. The van der Waals surface area contributed by atoms with Crippen molar-refractivity contribution < 1.29 is 9.59 Å². The molecule has 1 aromatic rings. The van der Waals surface area contributed by atoms with E-state index in [1.807, 2.05) is 18.2 Å². The molecule has 2 aliphatic heterocycles. The van der Waals surface area contributed by atoms with Crippen LogP contribution in [0.15, 0.2) is 35.3 Å². The molecule has 7 heteroatoms. The Kier molecular flexibility index (Phi) is 5.50. The molecule has 4 rings (SSSR count). The Morgan fingerprint density at radius 3 is 2.64 bits per heavy atom. The molecule has 3 amide bonds. The first-order valence-electron chi connectivity index (χ1n) is 10.4. The lowest BCUT2D eigenvalue weighted by atomic mass is 9.96. The van der Waals surface area contributed by atoms with Crippen molar-refractivity contribution in [1.29, 1.82) is 0 Å². The van der Waals surface area contributed by atoms with E-state index in [4.69, 9.17) is 4.99 Å². The number of nitrogens with one attached hydrogen (secondary N) is 2. The number of guanidine groups is 1. The number of hydrogen-bond donors (Lipinski definition) is 2. The molecule has 0 bridgehead atoms. The van der Waals surface area contributed by atoms with Gasteiger partial charge in [-0.3, -0.25) is 10.1 Å². The summed E-state index contributed by atoms with van der Waals surface area (Å²) >= 11 is 0. The molecule has 150 valence electrons. The molecule has 7 nitrogen and oxygen atoms in total. The summed E-state index contributed by atoms with van der Waals surface area (Å²) in [5.41, 5.74) is 1.29. The van der Waals surface area contributed by atoms with Gasteiger partial charge in [0, 0.05) is 19.6 Å². The van der Waals surface area contributed by atoms with Crippen molar-refractivity contribution in [2.75, 3.05) is 13.6 Å². The van der Waals surface area contributed by atoms with Crippen molar-refractivity contribution in [2.24, 2.45) is 4.99 Å². The van der Waals surface area contributed by atoms with Crippen LogP contribution < -0.4 is 10.6 Å². The second-order valence-electron chi connectivity index (χ2n) is 7.98. The number of rotatable bonds is 5. The van der Waals surface area contributed by atoms with E-state index >= 15 is 0 Å². The highest BCUT2D eigenvalue weighted by molar-refractivity contribution is 6.03. The summed E-state index contributed by atoms with van der Waals surface area (Å²) < 4.78 is 0. The Morgan fingerprint density at radius 1 is 1.14 bits per heavy atom. The second-order valence-corrected chi connectivity index (χ2v) is 7.98. The number of hydrogen-bond acceptors (Lipinski definition) is 5. The number of amides is 3. The van der Waals surface area contributed by atoms with Gasteiger partial charge < -0.3 is 15.1 Å². The van der Waals surface area contributed by atoms with Gasteiger partial charge in [0.25, 0.3) is 5.91 Å². The number of carbonyl (C=O) groups excluding carboxylic acids is 2. The Morgan fingerprint density at radius 2 is 1.89 bits per heavy atom. The van der Waals surface area contributed by atoms with Crippen molar-refractivity contribution >= 4 is 17.9 Å². The van der Waals surface area contributed by atoms with Crippen LogP contribution in [0.3, 0.4) is 0 Å². The zero-order valence-corrected chi connectivity index (χ0v) is 16.4. The molecule has 2 unspecified atom stereocenters. The molecule has 28 heavy (non-hydrogen) atoms. The highest BCUT2D eigenvalue weighted by Gasteiger charge is 2.48. The van der Waals surface area contributed by atoms with Crippen molar-refractivity contribution in [2.45, 2.75) is 63.2 Å². The van der Waals surface area contributed by atoms with Crippen LogP contribution in [-0.4, -0.2) is 59.5 Å². The molecule has 2 fully saturated rings. The van der Waals surface area contributed by atoms with Gasteiger partial charge in [0.2, 0.25) is 0 Å². The van der Waals surface area contributed by atoms with Gasteiger partial charge >= 0.3 is 6.03 Å². The van der Waals surface area contributed by atoms with E-state index in [0.29, 0.717) is 6.04 Å². The van der Waals surface area contributed by atoms with Gasteiger partial charge in [-0.2, -0.15) is 0 Å². The first kappa shape index (κ1) is 18.8. The lowest BCUT2D eigenvalue weighted by Gasteiger charge is -2.36. The normalized spacial score (nSPS) is 25.4. The Labute approximate surface area is 166 Å². The third kappa shape index (κ3) is 3.84. The second kappa shape index (κ2) is 8.20. The smallest absolute Gasteiger partial charge is 0.325 e. The summed E-state index contributed by atoms with van der Waals surface area (Å²) in [6.45, 7) is 0.726. The van der Waals surface area contributed by atoms with E-state index in [9.17, 15) is 9.59 Å². The number of aryl methyl sites for hydroxylation is 1. The fourth-order valence-corrected chi connectivity index (χ4v) is 4.42. The molecule has 1 aromatic carbocycles. The third-order valence-electron chi connectivity index (χ3n) is 6.01. The number of benzene rings is 1. The highest BCUT2D eigenvalue weighted by Crippen LogP contribution is 2.25. The van der Waals surface area contributed by atoms with Crippen molar-refractivity contribution in [1.82, 2.24) is 20.4 Å². The maximum Gasteiger partial charge on any atom is 0.325 e. The molecule has 2 heterocycles. The monoisotopic (exact) mass is 383 g/mol. The average molecular weight is 383 g/mol. The number of imide groups is 1. The average Bonchev–Trinajstić information content (AvgIpc) is 3.07. The molecule has 3 aliphatic rings.